The third kappa shape index (κ3) is 3.52. The molecule has 130 valence electrons. The van der Waals surface area contributed by atoms with Crippen LogP contribution >= 0.6 is 11.3 Å². The number of aromatic amines is 1. The molecule has 1 amide bonds. The molecule has 6 nitrogen and oxygen atoms in total. The van der Waals surface area contributed by atoms with Gasteiger partial charge in [0.05, 0.1) is 5.69 Å². The van der Waals surface area contributed by atoms with Gasteiger partial charge in [-0.3, -0.25) is 9.89 Å². The third-order valence-electron chi connectivity index (χ3n) is 4.44. The number of hydrogen-bond acceptors (Lipinski definition) is 5. The highest BCUT2D eigenvalue weighted by atomic mass is 32.1. The monoisotopic (exact) mass is 348 g/mol. The Morgan fingerprint density at radius 2 is 2.42 bits per heavy atom. The molecule has 1 aliphatic rings. The molecule has 1 saturated heterocycles. The van der Waals surface area contributed by atoms with Gasteiger partial charge < -0.3 is 9.64 Å². The average Bonchev–Trinajstić information content (AvgIpc) is 3.24. The lowest BCUT2D eigenvalue weighted by atomic mass is 9.95. The first-order valence-corrected chi connectivity index (χ1v) is 9.29. The van der Waals surface area contributed by atoms with Crippen LogP contribution in [-0.2, 0) is 4.74 Å². The Balaban J connectivity index is 1.74. The number of amides is 1. The van der Waals surface area contributed by atoms with E-state index < -0.39 is 0 Å². The second-order valence-electron chi connectivity index (χ2n) is 6.17. The van der Waals surface area contributed by atoms with Gasteiger partial charge in [0.25, 0.3) is 5.91 Å². The van der Waals surface area contributed by atoms with Crippen LogP contribution in [0.4, 0.5) is 0 Å². The molecule has 0 saturated carbocycles. The first-order chi connectivity index (χ1) is 11.6. The van der Waals surface area contributed by atoms with Gasteiger partial charge >= 0.3 is 0 Å². The minimum Gasteiger partial charge on any atom is -0.372 e. The summed E-state index contributed by atoms with van der Waals surface area (Å²) >= 11 is 1.46. The highest BCUT2D eigenvalue weighted by Crippen LogP contribution is 2.30. The van der Waals surface area contributed by atoms with Gasteiger partial charge in [0.15, 0.2) is 0 Å². The van der Waals surface area contributed by atoms with Gasteiger partial charge in [0.2, 0.25) is 0 Å². The van der Waals surface area contributed by atoms with Gasteiger partial charge in [0, 0.05) is 37.5 Å². The predicted octanol–water partition coefficient (Wildman–Crippen LogP) is 3.29. The number of carbonyl (C=O) groups excluding carboxylic acids is 1. The van der Waals surface area contributed by atoms with Crippen LogP contribution in [0.1, 0.15) is 64.8 Å². The van der Waals surface area contributed by atoms with Crippen LogP contribution in [0, 0.1) is 6.92 Å². The van der Waals surface area contributed by atoms with Gasteiger partial charge in [-0.15, -0.1) is 11.3 Å². The van der Waals surface area contributed by atoms with E-state index in [2.05, 4.69) is 15.2 Å². The van der Waals surface area contributed by atoms with Gasteiger partial charge in [-0.1, -0.05) is 0 Å². The number of thiazole rings is 1. The van der Waals surface area contributed by atoms with E-state index in [1.54, 1.807) is 6.20 Å². The van der Waals surface area contributed by atoms with Gasteiger partial charge in [-0.25, -0.2) is 4.98 Å². The highest BCUT2D eigenvalue weighted by Gasteiger charge is 2.29. The first-order valence-electron chi connectivity index (χ1n) is 8.47. The highest BCUT2D eigenvalue weighted by molar-refractivity contribution is 7.13. The number of likely N-dealkylation sites (tertiary alicyclic amines) is 1. The van der Waals surface area contributed by atoms with Crippen molar-refractivity contribution in [3.8, 4) is 0 Å². The molecule has 7 heteroatoms. The molecule has 0 spiro atoms. The summed E-state index contributed by atoms with van der Waals surface area (Å²) in [4.78, 5) is 20.2. The number of aromatic nitrogens is 3. The molecule has 3 heterocycles. The van der Waals surface area contributed by atoms with E-state index in [9.17, 15) is 4.79 Å². The molecule has 1 aliphatic heterocycles. The topological polar surface area (TPSA) is 71.1 Å². The van der Waals surface area contributed by atoms with E-state index in [1.165, 1.54) is 11.3 Å². The van der Waals surface area contributed by atoms with Crippen molar-refractivity contribution in [2.75, 3.05) is 19.7 Å². The summed E-state index contributed by atoms with van der Waals surface area (Å²) < 4.78 is 5.60. The fourth-order valence-corrected chi connectivity index (χ4v) is 4.20. The van der Waals surface area contributed by atoms with E-state index in [1.807, 2.05) is 31.7 Å². The van der Waals surface area contributed by atoms with Crippen LogP contribution in [0.25, 0.3) is 0 Å². The number of aryl methyl sites for hydroxylation is 1. The van der Waals surface area contributed by atoms with E-state index >= 15 is 0 Å². The SMILES string of the molecule is CCO[C@@H](C)c1nc(C)c(C(=O)N2CCC[C@H](c3ccn[nH]3)C2)s1. The Bertz CT molecular complexity index is 683. The van der Waals surface area contributed by atoms with Crippen molar-refractivity contribution < 1.29 is 9.53 Å². The number of nitrogens with one attached hydrogen (secondary N) is 1. The summed E-state index contributed by atoms with van der Waals surface area (Å²) in [6.07, 6.45) is 3.79. The second-order valence-corrected chi connectivity index (χ2v) is 7.20. The molecule has 0 unspecified atom stereocenters. The molecule has 2 aromatic rings. The molecule has 2 atom stereocenters. The zero-order valence-corrected chi connectivity index (χ0v) is 15.2. The smallest absolute Gasteiger partial charge is 0.265 e. The maximum atomic E-state index is 13.0. The van der Waals surface area contributed by atoms with E-state index in [-0.39, 0.29) is 12.0 Å². The van der Waals surface area contributed by atoms with Crippen molar-refractivity contribution in [2.24, 2.45) is 0 Å². The van der Waals surface area contributed by atoms with Crippen molar-refractivity contribution in [3.63, 3.8) is 0 Å². The lowest BCUT2D eigenvalue weighted by Gasteiger charge is -2.32. The summed E-state index contributed by atoms with van der Waals surface area (Å²) in [6.45, 7) is 8.02. The number of rotatable bonds is 5. The van der Waals surface area contributed by atoms with Crippen LogP contribution < -0.4 is 0 Å². The predicted molar refractivity (Wildman–Crippen MR) is 93.4 cm³/mol. The van der Waals surface area contributed by atoms with Gasteiger partial charge in [-0.2, -0.15) is 5.10 Å². The molecule has 1 N–H and O–H groups in total. The van der Waals surface area contributed by atoms with Crippen LogP contribution in [-0.4, -0.2) is 45.7 Å². The fraction of sp³-hybridized carbons (Fsp3) is 0.588. The normalized spacial score (nSPS) is 19.5. The molecule has 2 aromatic heterocycles. The van der Waals surface area contributed by atoms with Gasteiger partial charge in [0.1, 0.15) is 16.0 Å². The maximum absolute atomic E-state index is 13.0. The third-order valence-corrected chi connectivity index (χ3v) is 5.75. The van der Waals surface area contributed by atoms with Crippen molar-refractivity contribution in [1.29, 1.82) is 0 Å². The van der Waals surface area contributed by atoms with Crippen molar-refractivity contribution >= 4 is 17.2 Å². The quantitative estimate of drug-likeness (QED) is 0.900. The average molecular weight is 348 g/mol. The van der Waals surface area contributed by atoms with Gasteiger partial charge in [-0.05, 0) is 39.7 Å². The van der Waals surface area contributed by atoms with Crippen LogP contribution in [0.15, 0.2) is 12.3 Å². The summed E-state index contributed by atoms with van der Waals surface area (Å²) in [5, 5.41) is 7.94. The largest absolute Gasteiger partial charge is 0.372 e. The number of ether oxygens (including phenoxy) is 1. The molecule has 24 heavy (non-hydrogen) atoms. The van der Waals surface area contributed by atoms with Crippen molar-refractivity contribution in [3.05, 3.63) is 33.5 Å². The summed E-state index contributed by atoms with van der Waals surface area (Å²) in [5.74, 6) is 0.421. The van der Waals surface area contributed by atoms with Crippen LogP contribution in [0.3, 0.4) is 0 Å². The summed E-state index contributed by atoms with van der Waals surface area (Å²) in [6, 6.07) is 2.00. The van der Waals surface area contributed by atoms with Crippen molar-refractivity contribution in [2.45, 2.75) is 45.6 Å². The Morgan fingerprint density at radius 3 is 3.12 bits per heavy atom. The minimum absolute atomic E-state index is 0.0700. The first kappa shape index (κ1) is 17.1. The van der Waals surface area contributed by atoms with Crippen LogP contribution in [0.2, 0.25) is 0 Å². The Labute approximate surface area is 146 Å². The Morgan fingerprint density at radius 1 is 1.58 bits per heavy atom. The lowest BCUT2D eigenvalue weighted by Crippen LogP contribution is -2.39. The zero-order chi connectivity index (χ0) is 17.1. The zero-order valence-electron chi connectivity index (χ0n) is 14.4. The summed E-state index contributed by atoms with van der Waals surface area (Å²) in [5.41, 5.74) is 1.91. The molecule has 0 aromatic carbocycles. The van der Waals surface area contributed by atoms with Crippen LogP contribution in [0.5, 0.6) is 0 Å². The van der Waals surface area contributed by atoms with E-state index in [4.69, 9.17) is 4.74 Å². The molecule has 0 radical (unpaired) electrons. The number of carbonyl (C=O) groups is 1. The standard InChI is InChI=1S/C17H24N4O2S/c1-4-23-12(3)16-19-11(2)15(24-16)17(22)21-9-5-6-13(10-21)14-7-8-18-20-14/h7-8,12-13H,4-6,9-10H2,1-3H3,(H,18,20)/t12-,13-/m0/s1. The molecular weight excluding hydrogens is 324 g/mol. The molecule has 0 aliphatic carbocycles. The minimum atomic E-state index is -0.0700. The second kappa shape index (κ2) is 7.44. The van der Waals surface area contributed by atoms with Crippen molar-refractivity contribution in [1.82, 2.24) is 20.1 Å². The van der Waals surface area contributed by atoms with E-state index in [0.717, 1.165) is 47.2 Å². The molecule has 1 fully saturated rings. The fourth-order valence-electron chi connectivity index (χ4n) is 3.16. The molecule has 0 bridgehead atoms. The number of piperidine rings is 1. The summed E-state index contributed by atoms with van der Waals surface area (Å²) in [7, 11) is 0. The molecule has 3 rings (SSSR count). The number of nitrogens with zero attached hydrogens (tertiary/aromatic N) is 3. The maximum Gasteiger partial charge on any atom is 0.265 e. The Kier molecular flexibility index (Phi) is 5.30. The van der Waals surface area contributed by atoms with E-state index in [0.29, 0.717) is 12.5 Å². The number of H-pyrrole nitrogens is 1. The molecular formula is C17H24N4O2S. The number of hydrogen-bond donors (Lipinski definition) is 1. The lowest BCUT2D eigenvalue weighted by molar-refractivity contribution is 0.0709. The Hall–Kier alpha value is -1.73.